The van der Waals surface area contributed by atoms with Gasteiger partial charge in [0.25, 0.3) is 0 Å². The molecule has 0 aromatic heterocycles. The van der Waals surface area contributed by atoms with Gasteiger partial charge in [-0.1, -0.05) is 18.0 Å². The van der Waals surface area contributed by atoms with Crippen LogP contribution in [-0.2, 0) is 4.79 Å². The average Bonchev–Trinajstić information content (AvgIpc) is 2.95. The summed E-state index contributed by atoms with van der Waals surface area (Å²) in [7, 11) is 0. The molecule has 128 valence electrons. The highest BCUT2D eigenvalue weighted by Gasteiger charge is 2.27. The Morgan fingerprint density at radius 1 is 1.22 bits per heavy atom. The topological polar surface area (TPSA) is 72.2 Å². The molecule has 2 rings (SSSR count). The summed E-state index contributed by atoms with van der Waals surface area (Å²) >= 11 is 7.12. The van der Waals surface area contributed by atoms with E-state index in [0.29, 0.717) is 34.6 Å². The second-order valence-electron chi connectivity index (χ2n) is 5.52. The average molecular weight is 377 g/mol. The molecule has 0 aliphatic heterocycles. The van der Waals surface area contributed by atoms with Crippen molar-refractivity contribution in [1.29, 1.82) is 0 Å². The standard InChI is InChI=1S/C16H21ClN2O2S.ClH/c17-13-6-4-11(5-7-13)15(20)9-22-10-16(21)19-14-3-1-2-12(14)8-18;/h4-7,12,14H,1-3,8-10,18H2,(H,19,21);1H. The number of halogens is 2. The van der Waals surface area contributed by atoms with Gasteiger partial charge in [-0.15, -0.1) is 24.2 Å². The number of amides is 1. The Morgan fingerprint density at radius 2 is 1.91 bits per heavy atom. The smallest absolute Gasteiger partial charge is 0.230 e. The fourth-order valence-corrected chi connectivity index (χ4v) is 3.56. The first-order valence-electron chi connectivity index (χ1n) is 7.46. The zero-order chi connectivity index (χ0) is 15.9. The molecule has 1 fully saturated rings. The van der Waals surface area contributed by atoms with Gasteiger partial charge in [0.1, 0.15) is 0 Å². The van der Waals surface area contributed by atoms with Gasteiger partial charge >= 0.3 is 0 Å². The van der Waals surface area contributed by atoms with Crippen molar-refractivity contribution in [3.8, 4) is 0 Å². The number of thioether (sulfide) groups is 1. The van der Waals surface area contributed by atoms with Gasteiger partial charge in [0, 0.05) is 16.6 Å². The first kappa shape index (κ1) is 20.3. The lowest BCUT2D eigenvalue weighted by molar-refractivity contribution is -0.119. The summed E-state index contributed by atoms with van der Waals surface area (Å²) in [6, 6.07) is 6.99. The Hall–Kier alpha value is -0.750. The number of carbonyl (C=O) groups excluding carboxylic acids is 2. The van der Waals surface area contributed by atoms with Crippen LogP contribution in [0.2, 0.25) is 5.02 Å². The van der Waals surface area contributed by atoms with Crippen LogP contribution in [0.25, 0.3) is 0 Å². The molecular weight excluding hydrogens is 355 g/mol. The van der Waals surface area contributed by atoms with Crippen LogP contribution in [0.15, 0.2) is 24.3 Å². The Labute approximate surface area is 152 Å². The number of nitrogens with two attached hydrogens (primary N) is 1. The molecule has 0 bridgehead atoms. The fraction of sp³-hybridized carbons (Fsp3) is 0.500. The molecule has 3 N–H and O–H groups in total. The lowest BCUT2D eigenvalue weighted by Crippen LogP contribution is -2.40. The Kier molecular flexibility index (Phi) is 8.99. The van der Waals surface area contributed by atoms with Crippen LogP contribution in [0.4, 0.5) is 0 Å². The lowest BCUT2D eigenvalue weighted by atomic mass is 10.0. The van der Waals surface area contributed by atoms with Gasteiger partial charge in [-0.3, -0.25) is 9.59 Å². The van der Waals surface area contributed by atoms with Crippen LogP contribution in [0.5, 0.6) is 0 Å². The van der Waals surface area contributed by atoms with Crippen molar-refractivity contribution in [1.82, 2.24) is 5.32 Å². The maximum absolute atomic E-state index is 12.0. The quantitative estimate of drug-likeness (QED) is 0.717. The second-order valence-corrected chi connectivity index (χ2v) is 6.95. The van der Waals surface area contributed by atoms with Gasteiger partial charge in [-0.2, -0.15) is 0 Å². The largest absolute Gasteiger partial charge is 0.352 e. The number of ketones is 1. The zero-order valence-corrected chi connectivity index (χ0v) is 15.2. The van der Waals surface area contributed by atoms with Crippen LogP contribution < -0.4 is 11.1 Å². The van der Waals surface area contributed by atoms with E-state index in [2.05, 4.69) is 5.32 Å². The van der Waals surface area contributed by atoms with Gasteiger partial charge in [0.2, 0.25) is 5.91 Å². The maximum atomic E-state index is 12.0. The van der Waals surface area contributed by atoms with Crippen LogP contribution in [0.1, 0.15) is 29.6 Å². The van der Waals surface area contributed by atoms with Crippen LogP contribution in [0.3, 0.4) is 0 Å². The summed E-state index contributed by atoms with van der Waals surface area (Å²) in [6.07, 6.45) is 3.21. The fourth-order valence-electron chi connectivity index (χ4n) is 2.71. The number of carbonyl (C=O) groups is 2. The molecule has 1 aromatic rings. The monoisotopic (exact) mass is 376 g/mol. The van der Waals surface area contributed by atoms with Crippen LogP contribution in [0, 0.1) is 5.92 Å². The highest BCUT2D eigenvalue weighted by Crippen LogP contribution is 2.24. The molecule has 0 radical (unpaired) electrons. The molecule has 2 atom stereocenters. The van der Waals surface area contributed by atoms with E-state index < -0.39 is 0 Å². The molecule has 4 nitrogen and oxygen atoms in total. The summed E-state index contributed by atoms with van der Waals surface area (Å²) in [6.45, 7) is 0.618. The van der Waals surface area contributed by atoms with Gasteiger partial charge in [0.15, 0.2) is 5.78 Å². The molecule has 1 amide bonds. The van der Waals surface area contributed by atoms with Crippen molar-refractivity contribution in [2.45, 2.75) is 25.3 Å². The molecule has 1 aliphatic rings. The van der Waals surface area contributed by atoms with Crippen molar-refractivity contribution in [3.63, 3.8) is 0 Å². The van der Waals surface area contributed by atoms with Crippen molar-refractivity contribution in [2.75, 3.05) is 18.1 Å². The van der Waals surface area contributed by atoms with Crippen LogP contribution in [-0.4, -0.2) is 35.8 Å². The number of nitrogens with one attached hydrogen (secondary N) is 1. The third kappa shape index (κ3) is 6.34. The first-order chi connectivity index (χ1) is 10.6. The lowest BCUT2D eigenvalue weighted by Gasteiger charge is -2.19. The molecule has 23 heavy (non-hydrogen) atoms. The number of rotatable bonds is 7. The van der Waals surface area contributed by atoms with Gasteiger partial charge in [-0.25, -0.2) is 0 Å². The molecule has 7 heteroatoms. The maximum Gasteiger partial charge on any atom is 0.230 e. The van der Waals surface area contributed by atoms with E-state index in [1.807, 2.05) is 0 Å². The highest BCUT2D eigenvalue weighted by atomic mass is 35.5. The first-order valence-corrected chi connectivity index (χ1v) is 8.99. The number of Topliss-reactive ketones (excluding diaryl/α,β-unsaturated/α-hetero) is 1. The predicted molar refractivity (Wildman–Crippen MR) is 98.7 cm³/mol. The number of hydrogen-bond acceptors (Lipinski definition) is 4. The summed E-state index contributed by atoms with van der Waals surface area (Å²) in [5.74, 6) is 0.978. The Balaban J connectivity index is 0.00000264. The van der Waals surface area contributed by atoms with Gasteiger partial charge in [-0.05, 0) is 49.6 Å². The number of hydrogen-bond donors (Lipinski definition) is 2. The molecule has 1 aromatic carbocycles. The normalized spacial score (nSPS) is 19.9. The Bertz CT molecular complexity index is 525. The van der Waals surface area contributed by atoms with E-state index in [0.717, 1.165) is 19.3 Å². The zero-order valence-electron chi connectivity index (χ0n) is 12.8. The molecule has 1 saturated carbocycles. The highest BCUT2D eigenvalue weighted by molar-refractivity contribution is 8.00. The van der Waals surface area contributed by atoms with E-state index in [-0.39, 0.29) is 30.1 Å². The van der Waals surface area contributed by atoms with E-state index in [4.69, 9.17) is 17.3 Å². The summed E-state index contributed by atoms with van der Waals surface area (Å²) in [4.78, 5) is 23.9. The minimum Gasteiger partial charge on any atom is -0.352 e. The Morgan fingerprint density at radius 3 is 2.57 bits per heavy atom. The molecule has 0 saturated heterocycles. The minimum absolute atomic E-state index is 0. The van der Waals surface area contributed by atoms with Crippen molar-refractivity contribution >= 4 is 47.5 Å². The van der Waals surface area contributed by atoms with Crippen molar-refractivity contribution < 1.29 is 9.59 Å². The number of benzene rings is 1. The van der Waals surface area contributed by atoms with E-state index in [1.165, 1.54) is 11.8 Å². The summed E-state index contributed by atoms with van der Waals surface area (Å²) in [5.41, 5.74) is 6.33. The van der Waals surface area contributed by atoms with Gasteiger partial charge in [0.05, 0.1) is 11.5 Å². The minimum atomic E-state index is -0.0146. The van der Waals surface area contributed by atoms with Crippen molar-refractivity contribution in [2.24, 2.45) is 11.7 Å². The van der Waals surface area contributed by atoms with Crippen molar-refractivity contribution in [3.05, 3.63) is 34.9 Å². The van der Waals surface area contributed by atoms with Crippen LogP contribution >= 0.6 is 35.8 Å². The SMILES string of the molecule is Cl.NCC1CCCC1NC(=O)CSCC(=O)c1ccc(Cl)cc1. The predicted octanol–water partition coefficient (Wildman–Crippen LogP) is 2.92. The summed E-state index contributed by atoms with van der Waals surface area (Å²) < 4.78 is 0. The molecular formula is C16H22Cl2N2O2S. The third-order valence-corrected chi connectivity index (χ3v) is 5.13. The second kappa shape index (κ2) is 10.2. The molecule has 1 aliphatic carbocycles. The summed E-state index contributed by atoms with van der Waals surface area (Å²) in [5, 5.41) is 3.64. The van der Waals surface area contributed by atoms with E-state index >= 15 is 0 Å². The third-order valence-electron chi connectivity index (χ3n) is 3.94. The van der Waals surface area contributed by atoms with E-state index in [1.54, 1.807) is 24.3 Å². The molecule has 0 heterocycles. The molecule has 2 unspecified atom stereocenters. The van der Waals surface area contributed by atoms with E-state index in [9.17, 15) is 9.59 Å². The van der Waals surface area contributed by atoms with Gasteiger partial charge < -0.3 is 11.1 Å². The molecule has 0 spiro atoms.